The first-order chi connectivity index (χ1) is 10.3. The lowest BCUT2D eigenvalue weighted by Crippen LogP contribution is -2.27. The van der Waals surface area contributed by atoms with Crippen molar-refractivity contribution < 1.29 is 22.4 Å². The van der Waals surface area contributed by atoms with E-state index in [2.05, 4.69) is 5.32 Å². The minimum atomic E-state index is -4.40. The van der Waals surface area contributed by atoms with Gasteiger partial charge in [-0.1, -0.05) is 24.3 Å². The molecule has 0 aliphatic rings. The summed E-state index contributed by atoms with van der Waals surface area (Å²) in [5.74, 6) is -1.27. The van der Waals surface area contributed by atoms with Crippen LogP contribution in [0.3, 0.4) is 0 Å². The Morgan fingerprint density at radius 2 is 1.64 bits per heavy atom. The van der Waals surface area contributed by atoms with Crippen LogP contribution in [0.4, 0.5) is 17.6 Å². The minimum Gasteiger partial charge on any atom is -0.345 e. The summed E-state index contributed by atoms with van der Waals surface area (Å²) in [4.78, 5) is 11.9. The number of alkyl halides is 3. The number of carbonyl (C=O) groups is 1. The zero-order chi connectivity index (χ0) is 16.3. The molecule has 1 atom stereocenters. The van der Waals surface area contributed by atoms with Crippen molar-refractivity contribution in [3.63, 3.8) is 0 Å². The zero-order valence-electron chi connectivity index (χ0n) is 11.6. The van der Waals surface area contributed by atoms with E-state index in [1.807, 2.05) is 0 Å². The number of halogens is 4. The fourth-order valence-corrected chi connectivity index (χ4v) is 1.96. The van der Waals surface area contributed by atoms with Crippen LogP contribution in [0.1, 0.15) is 34.5 Å². The molecule has 22 heavy (non-hydrogen) atoms. The van der Waals surface area contributed by atoms with Gasteiger partial charge in [-0.25, -0.2) is 4.39 Å². The molecular formula is C16H13F4NO. The molecule has 2 nitrogen and oxygen atoms in total. The zero-order valence-corrected chi connectivity index (χ0v) is 11.6. The quantitative estimate of drug-likeness (QED) is 0.840. The Labute approximate surface area is 124 Å². The number of amides is 1. The Hall–Kier alpha value is -2.37. The first kappa shape index (κ1) is 16.0. The summed E-state index contributed by atoms with van der Waals surface area (Å²) in [6, 6.07) is 9.41. The van der Waals surface area contributed by atoms with Crippen LogP contribution < -0.4 is 5.32 Å². The Morgan fingerprint density at radius 3 is 2.18 bits per heavy atom. The molecule has 0 radical (unpaired) electrons. The molecule has 2 rings (SSSR count). The second kappa shape index (κ2) is 6.17. The lowest BCUT2D eigenvalue weighted by Gasteiger charge is -2.15. The minimum absolute atomic E-state index is 0.110. The van der Waals surface area contributed by atoms with Gasteiger partial charge in [0, 0.05) is 0 Å². The largest absolute Gasteiger partial charge is 0.416 e. The summed E-state index contributed by atoms with van der Waals surface area (Å²) >= 11 is 0. The van der Waals surface area contributed by atoms with Crippen molar-refractivity contribution in [2.45, 2.75) is 19.1 Å². The van der Waals surface area contributed by atoms with E-state index in [9.17, 15) is 22.4 Å². The molecule has 0 aromatic heterocycles. The van der Waals surface area contributed by atoms with Gasteiger partial charge in [0.1, 0.15) is 5.82 Å². The molecule has 0 heterocycles. The molecule has 0 aliphatic carbocycles. The average Bonchev–Trinajstić information content (AvgIpc) is 2.46. The number of hydrogen-bond donors (Lipinski definition) is 1. The van der Waals surface area contributed by atoms with E-state index in [1.165, 1.54) is 30.3 Å². The highest BCUT2D eigenvalue weighted by molar-refractivity contribution is 5.94. The van der Waals surface area contributed by atoms with E-state index in [1.54, 1.807) is 6.92 Å². The van der Waals surface area contributed by atoms with Crippen LogP contribution in [0.15, 0.2) is 48.5 Å². The second-order valence-corrected chi connectivity index (χ2v) is 4.79. The number of nitrogens with one attached hydrogen (secondary N) is 1. The van der Waals surface area contributed by atoms with Crippen LogP contribution in [-0.4, -0.2) is 5.91 Å². The van der Waals surface area contributed by atoms with Gasteiger partial charge in [0.15, 0.2) is 0 Å². The fraction of sp³-hybridized carbons (Fsp3) is 0.188. The average molecular weight is 311 g/mol. The number of benzene rings is 2. The molecule has 0 spiro atoms. The summed E-state index contributed by atoms with van der Waals surface area (Å²) in [6.45, 7) is 1.61. The van der Waals surface area contributed by atoms with Gasteiger partial charge in [0.05, 0.1) is 17.2 Å². The predicted octanol–water partition coefficient (Wildman–Crippen LogP) is 4.34. The molecule has 0 unspecified atom stereocenters. The van der Waals surface area contributed by atoms with E-state index in [0.717, 1.165) is 18.2 Å². The SMILES string of the molecule is C[C@H](NC(=O)c1ccccc1F)c1ccc(C(F)(F)F)cc1. The molecule has 0 bridgehead atoms. The van der Waals surface area contributed by atoms with Crippen molar-refractivity contribution in [3.8, 4) is 0 Å². The summed E-state index contributed by atoms with van der Waals surface area (Å²) in [6.07, 6.45) is -4.40. The van der Waals surface area contributed by atoms with E-state index >= 15 is 0 Å². The summed E-state index contributed by atoms with van der Waals surface area (Å²) in [5.41, 5.74) is -0.372. The molecule has 0 fully saturated rings. The third-order valence-electron chi connectivity index (χ3n) is 3.20. The maximum absolute atomic E-state index is 13.5. The Bertz CT molecular complexity index is 665. The first-order valence-electron chi connectivity index (χ1n) is 6.51. The molecule has 0 saturated heterocycles. The number of rotatable bonds is 3. The van der Waals surface area contributed by atoms with Crippen molar-refractivity contribution in [1.29, 1.82) is 0 Å². The molecule has 1 amide bonds. The highest BCUT2D eigenvalue weighted by Gasteiger charge is 2.30. The third-order valence-corrected chi connectivity index (χ3v) is 3.20. The lowest BCUT2D eigenvalue weighted by molar-refractivity contribution is -0.137. The van der Waals surface area contributed by atoms with Crippen molar-refractivity contribution in [3.05, 3.63) is 71.0 Å². The van der Waals surface area contributed by atoms with Crippen molar-refractivity contribution in [2.24, 2.45) is 0 Å². The normalized spacial score (nSPS) is 12.8. The molecule has 0 aliphatic heterocycles. The second-order valence-electron chi connectivity index (χ2n) is 4.79. The van der Waals surface area contributed by atoms with Crippen LogP contribution in [0.5, 0.6) is 0 Å². The topological polar surface area (TPSA) is 29.1 Å². The Morgan fingerprint density at radius 1 is 1.05 bits per heavy atom. The van der Waals surface area contributed by atoms with Crippen molar-refractivity contribution in [1.82, 2.24) is 5.32 Å². The number of hydrogen-bond acceptors (Lipinski definition) is 1. The van der Waals surface area contributed by atoms with E-state index < -0.39 is 29.5 Å². The van der Waals surface area contributed by atoms with Gasteiger partial charge in [-0.15, -0.1) is 0 Å². The molecule has 6 heteroatoms. The summed E-state index contributed by atoms with van der Waals surface area (Å²) < 4.78 is 50.9. The van der Waals surface area contributed by atoms with E-state index in [-0.39, 0.29) is 5.56 Å². The highest BCUT2D eigenvalue weighted by atomic mass is 19.4. The molecular weight excluding hydrogens is 298 g/mol. The number of carbonyl (C=O) groups excluding carboxylic acids is 1. The van der Waals surface area contributed by atoms with Crippen molar-refractivity contribution in [2.75, 3.05) is 0 Å². The molecule has 2 aromatic rings. The van der Waals surface area contributed by atoms with Gasteiger partial charge in [-0.2, -0.15) is 13.2 Å². The summed E-state index contributed by atoms with van der Waals surface area (Å²) in [5, 5.41) is 2.55. The van der Waals surface area contributed by atoms with Gasteiger partial charge < -0.3 is 5.32 Å². The first-order valence-corrected chi connectivity index (χ1v) is 6.51. The highest BCUT2D eigenvalue weighted by Crippen LogP contribution is 2.29. The maximum Gasteiger partial charge on any atom is 0.416 e. The molecule has 2 aromatic carbocycles. The lowest BCUT2D eigenvalue weighted by atomic mass is 10.1. The van der Waals surface area contributed by atoms with Gasteiger partial charge >= 0.3 is 6.18 Å². The van der Waals surface area contributed by atoms with Crippen LogP contribution in [0, 0.1) is 5.82 Å². The molecule has 0 saturated carbocycles. The Balaban J connectivity index is 2.11. The molecule has 1 N–H and O–H groups in total. The summed E-state index contributed by atoms with van der Waals surface area (Å²) in [7, 11) is 0. The van der Waals surface area contributed by atoms with Crippen LogP contribution >= 0.6 is 0 Å². The van der Waals surface area contributed by atoms with Crippen LogP contribution in [0.2, 0.25) is 0 Å². The third kappa shape index (κ3) is 3.63. The van der Waals surface area contributed by atoms with Crippen LogP contribution in [-0.2, 0) is 6.18 Å². The standard InChI is InChI=1S/C16H13F4NO/c1-10(11-6-8-12(9-7-11)16(18,19)20)21-15(22)13-4-2-3-5-14(13)17/h2-10H,1H3,(H,21,22)/t10-/m0/s1. The van der Waals surface area contributed by atoms with Crippen LogP contribution in [0.25, 0.3) is 0 Å². The van der Waals surface area contributed by atoms with E-state index in [0.29, 0.717) is 5.56 Å². The van der Waals surface area contributed by atoms with Gasteiger partial charge in [-0.05, 0) is 36.8 Å². The Kier molecular flexibility index (Phi) is 4.49. The fourth-order valence-electron chi connectivity index (χ4n) is 1.96. The molecule has 116 valence electrons. The smallest absolute Gasteiger partial charge is 0.345 e. The van der Waals surface area contributed by atoms with Gasteiger partial charge in [-0.3, -0.25) is 4.79 Å². The van der Waals surface area contributed by atoms with E-state index in [4.69, 9.17) is 0 Å². The van der Waals surface area contributed by atoms with Crippen molar-refractivity contribution >= 4 is 5.91 Å². The predicted molar refractivity (Wildman–Crippen MR) is 73.7 cm³/mol. The maximum atomic E-state index is 13.5. The monoisotopic (exact) mass is 311 g/mol. The van der Waals surface area contributed by atoms with Gasteiger partial charge in [0.25, 0.3) is 5.91 Å². The van der Waals surface area contributed by atoms with Gasteiger partial charge in [0.2, 0.25) is 0 Å².